The zero-order valence-corrected chi connectivity index (χ0v) is 17.2. The Morgan fingerprint density at radius 1 is 1.40 bits per heavy atom. The van der Waals surface area contributed by atoms with Crippen LogP contribution in [-0.2, 0) is 4.74 Å². The Morgan fingerprint density at radius 3 is 2.80 bits per heavy atom. The number of guanidine groups is 1. The van der Waals surface area contributed by atoms with Crippen LogP contribution in [0.2, 0.25) is 0 Å². The highest BCUT2D eigenvalue weighted by Gasteiger charge is 2.21. The number of nitrogens with one attached hydrogen (secondary N) is 2. The largest absolute Gasteiger partial charge is 0.379 e. The van der Waals surface area contributed by atoms with E-state index in [0.29, 0.717) is 25.3 Å². The average molecular weight is 461 g/mol. The molecule has 0 aliphatic heterocycles. The van der Waals surface area contributed by atoms with Gasteiger partial charge in [-0.15, -0.1) is 24.0 Å². The van der Waals surface area contributed by atoms with Crippen molar-refractivity contribution in [3.05, 3.63) is 30.1 Å². The fourth-order valence-electron chi connectivity index (χ4n) is 2.18. The number of rotatable bonds is 9. The molecule has 2 rings (SSSR count). The van der Waals surface area contributed by atoms with Crippen LogP contribution in [0.25, 0.3) is 0 Å². The number of hydrogen-bond donors (Lipinski definition) is 2. The van der Waals surface area contributed by atoms with Crippen LogP contribution >= 0.6 is 24.0 Å². The lowest BCUT2D eigenvalue weighted by atomic mass is 10.3. The van der Waals surface area contributed by atoms with Crippen LogP contribution in [0.15, 0.2) is 29.5 Å². The van der Waals surface area contributed by atoms with E-state index >= 15 is 0 Å². The Bertz CT molecular complexity index is 537. The van der Waals surface area contributed by atoms with Gasteiger partial charge >= 0.3 is 0 Å². The molecule has 0 atom stereocenters. The Morgan fingerprint density at radius 2 is 2.16 bits per heavy atom. The van der Waals surface area contributed by atoms with Crippen LogP contribution in [0.3, 0.4) is 0 Å². The van der Waals surface area contributed by atoms with Gasteiger partial charge in [0.15, 0.2) is 5.96 Å². The van der Waals surface area contributed by atoms with E-state index in [1.54, 1.807) is 31.6 Å². The van der Waals surface area contributed by atoms with Crippen LogP contribution in [0.1, 0.15) is 23.2 Å². The van der Waals surface area contributed by atoms with Crippen molar-refractivity contribution in [1.82, 2.24) is 20.5 Å². The molecular weight excluding hydrogens is 433 g/mol. The second-order valence-electron chi connectivity index (χ2n) is 5.91. The first-order valence-corrected chi connectivity index (χ1v) is 8.38. The first kappa shape index (κ1) is 21.6. The molecule has 1 aliphatic carbocycles. The van der Waals surface area contributed by atoms with E-state index in [0.717, 1.165) is 25.0 Å². The van der Waals surface area contributed by atoms with Crippen LogP contribution in [0, 0.1) is 5.92 Å². The number of amides is 1. The second kappa shape index (κ2) is 12.0. The lowest BCUT2D eigenvalue weighted by Crippen LogP contribution is -2.43. The average Bonchev–Trinajstić information content (AvgIpc) is 3.43. The molecule has 1 aromatic heterocycles. The van der Waals surface area contributed by atoms with Gasteiger partial charge in [0.2, 0.25) is 0 Å². The number of nitrogens with zero attached hydrogens (tertiary/aromatic N) is 3. The standard InChI is InChI=1S/C17H27N5O2.HI/c1-18-17(22(2)10-11-24-13-14-5-6-14)21-9-8-20-16(23)15-4-3-7-19-12-15;/h3-4,7,12,14H,5-6,8-11,13H2,1-2H3,(H,18,21)(H,20,23);1H. The minimum atomic E-state index is -0.123. The third-order valence-corrected chi connectivity index (χ3v) is 3.81. The summed E-state index contributed by atoms with van der Waals surface area (Å²) in [7, 11) is 3.72. The summed E-state index contributed by atoms with van der Waals surface area (Å²) in [5, 5.41) is 6.08. The minimum absolute atomic E-state index is 0. The number of carbonyl (C=O) groups is 1. The van der Waals surface area contributed by atoms with Crippen molar-refractivity contribution in [2.75, 3.05) is 46.9 Å². The van der Waals surface area contributed by atoms with Gasteiger partial charge < -0.3 is 20.3 Å². The predicted octanol–water partition coefficient (Wildman–Crippen LogP) is 1.36. The van der Waals surface area contributed by atoms with Crippen molar-refractivity contribution in [2.45, 2.75) is 12.8 Å². The molecule has 0 radical (unpaired) electrons. The third kappa shape index (κ3) is 8.48. The van der Waals surface area contributed by atoms with Gasteiger partial charge in [0.1, 0.15) is 0 Å². The maximum atomic E-state index is 11.9. The fourth-order valence-corrected chi connectivity index (χ4v) is 2.18. The van der Waals surface area contributed by atoms with E-state index in [2.05, 4.69) is 20.6 Å². The van der Waals surface area contributed by atoms with Gasteiger partial charge in [-0.25, -0.2) is 0 Å². The summed E-state index contributed by atoms with van der Waals surface area (Å²) >= 11 is 0. The maximum Gasteiger partial charge on any atom is 0.252 e. The van der Waals surface area contributed by atoms with Gasteiger partial charge in [-0.2, -0.15) is 0 Å². The summed E-state index contributed by atoms with van der Waals surface area (Å²) in [5.74, 6) is 1.46. The molecule has 0 aromatic carbocycles. The molecule has 8 heteroatoms. The molecule has 1 fully saturated rings. The number of carbonyl (C=O) groups excluding carboxylic acids is 1. The van der Waals surface area contributed by atoms with E-state index in [1.165, 1.54) is 12.8 Å². The molecule has 7 nitrogen and oxygen atoms in total. The summed E-state index contributed by atoms with van der Waals surface area (Å²) in [6, 6.07) is 3.49. The summed E-state index contributed by atoms with van der Waals surface area (Å²) in [4.78, 5) is 22.1. The van der Waals surface area contributed by atoms with Crippen molar-refractivity contribution in [3.63, 3.8) is 0 Å². The number of aromatic nitrogens is 1. The summed E-state index contributed by atoms with van der Waals surface area (Å²) in [6.45, 7) is 3.48. The summed E-state index contributed by atoms with van der Waals surface area (Å²) in [5.41, 5.74) is 0.562. The number of halogens is 1. The molecule has 1 aromatic rings. The number of pyridine rings is 1. The molecule has 0 bridgehead atoms. The van der Waals surface area contributed by atoms with Crippen molar-refractivity contribution in [1.29, 1.82) is 0 Å². The smallest absolute Gasteiger partial charge is 0.252 e. The van der Waals surface area contributed by atoms with E-state index in [1.807, 2.05) is 11.9 Å². The van der Waals surface area contributed by atoms with Crippen LogP contribution in [0.5, 0.6) is 0 Å². The summed E-state index contributed by atoms with van der Waals surface area (Å²) < 4.78 is 5.64. The molecule has 25 heavy (non-hydrogen) atoms. The van der Waals surface area contributed by atoms with Crippen molar-refractivity contribution in [3.8, 4) is 0 Å². The monoisotopic (exact) mass is 461 g/mol. The van der Waals surface area contributed by atoms with Gasteiger partial charge in [0.05, 0.1) is 12.2 Å². The predicted molar refractivity (Wildman–Crippen MR) is 110 cm³/mol. The number of aliphatic imine (C=N–C) groups is 1. The molecule has 1 aliphatic rings. The Hall–Kier alpha value is -1.42. The first-order chi connectivity index (χ1) is 11.7. The maximum absolute atomic E-state index is 11.9. The van der Waals surface area contributed by atoms with Crippen LogP contribution < -0.4 is 10.6 Å². The van der Waals surface area contributed by atoms with Crippen molar-refractivity contribution >= 4 is 35.8 Å². The van der Waals surface area contributed by atoms with E-state index < -0.39 is 0 Å². The lowest BCUT2D eigenvalue weighted by Gasteiger charge is -2.22. The topological polar surface area (TPSA) is 78.8 Å². The Balaban J connectivity index is 0.00000312. The van der Waals surface area contributed by atoms with Crippen LogP contribution in [-0.4, -0.2) is 68.7 Å². The van der Waals surface area contributed by atoms with E-state index in [-0.39, 0.29) is 29.9 Å². The van der Waals surface area contributed by atoms with Gasteiger partial charge in [-0.1, -0.05) is 0 Å². The number of hydrogen-bond acceptors (Lipinski definition) is 4. The molecule has 0 unspecified atom stereocenters. The molecule has 2 N–H and O–H groups in total. The molecule has 140 valence electrons. The molecule has 0 spiro atoms. The SMILES string of the molecule is CN=C(NCCNC(=O)c1cccnc1)N(C)CCOCC1CC1.I. The fraction of sp³-hybridized carbons (Fsp3) is 0.588. The lowest BCUT2D eigenvalue weighted by molar-refractivity contribution is 0.0954. The molecule has 0 saturated heterocycles. The minimum Gasteiger partial charge on any atom is -0.379 e. The Kier molecular flexibility index (Phi) is 10.4. The second-order valence-corrected chi connectivity index (χ2v) is 5.91. The first-order valence-electron chi connectivity index (χ1n) is 8.38. The number of likely N-dealkylation sites (N-methyl/N-ethyl adjacent to an activating group) is 1. The van der Waals surface area contributed by atoms with Gasteiger partial charge in [0, 0.05) is 52.7 Å². The van der Waals surface area contributed by atoms with Crippen LogP contribution in [0.4, 0.5) is 0 Å². The highest BCUT2D eigenvalue weighted by Crippen LogP contribution is 2.28. The molecule has 1 saturated carbocycles. The third-order valence-electron chi connectivity index (χ3n) is 3.81. The zero-order chi connectivity index (χ0) is 17.2. The highest BCUT2D eigenvalue weighted by molar-refractivity contribution is 14.0. The molecular formula is C17H28IN5O2. The molecule has 1 heterocycles. The van der Waals surface area contributed by atoms with Crippen molar-refractivity contribution in [2.24, 2.45) is 10.9 Å². The Labute approximate surface area is 166 Å². The molecule has 1 amide bonds. The normalized spacial score (nSPS) is 13.8. The van der Waals surface area contributed by atoms with Gasteiger partial charge in [-0.3, -0.25) is 14.8 Å². The highest BCUT2D eigenvalue weighted by atomic mass is 127. The van der Waals surface area contributed by atoms with E-state index in [4.69, 9.17) is 4.74 Å². The zero-order valence-electron chi connectivity index (χ0n) is 14.9. The van der Waals surface area contributed by atoms with E-state index in [9.17, 15) is 4.79 Å². The quantitative estimate of drug-likeness (QED) is 0.251. The number of ether oxygens (including phenoxy) is 1. The van der Waals surface area contributed by atoms with Gasteiger partial charge in [0.25, 0.3) is 5.91 Å². The van der Waals surface area contributed by atoms with Crippen molar-refractivity contribution < 1.29 is 9.53 Å². The van der Waals surface area contributed by atoms with Gasteiger partial charge in [-0.05, 0) is 30.9 Å². The summed E-state index contributed by atoms with van der Waals surface area (Å²) in [6.07, 6.45) is 5.82.